The molecule has 1 heterocycles. The molecule has 30 heavy (non-hydrogen) atoms. The summed E-state index contributed by atoms with van der Waals surface area (Å²) in [7, 11) is 1.79. The molecule has 0 saturated carbocycles. The first-order valence-corrected chi connectivity index (χ1v) is 9.75. The van der Waals surface area contributed by atoms with Crippen LogP contribution in [0.5, 0.6) is 0 Å². The van der Waals surface area contributed by atoms with E-state index in [0.717, 1.165) is 11.3 Å². The molecule has 0 bridgehead atoms. The molecule has 1 aliphatic rings. The SMILES string of the molecule is CN(C1=C(c2ccccc2)C(=O)N(CCc2ccc(F)cc2)C1=O)c1ccccc1. The lowest BCUT2D eigenvalue weighted by Gasteiger charge is -2.21. The van der Waals surface area contributed by atoms with Crippen LogP contribution in [0.4, 0.5) is 10.1 Å². The predicted octanol–water partition coefficient (Wildman–Crippen LogP) is 4.28. The largest absolute Gasteiger partial charge is 0.339 e. The molecule has 4 nitrogen and oxygen atoms in total. The zero-order valence-electron chi connectivity index (χ0n) is 16.6. The first-order chi connectivity index (χ1) is 14.6. The Kier molecular flexibility index (Phi) is 5.44. The fourth-order valence-corrected chi connectivity index (χ4v) is 3.62. The van der Waals surface area contributed by atoms with Crippen LogP contribution in [-0.4, -0.2) is 30.3 Å². The molecule has 3 aromatic rings. The third kappa shape index (κ3) is 3.74. The van der Waals surface area contributed by atoms with Crippen molar-refractivity contribution in [1.82, 2.24) is 4.90 Å². The maximum Gasteiger partial charge on any atom is 0.278 e. The smallest absolute Gasteiger partial charge is 0.278 e. The molecule has 0 aromatic heterocycles. The fourth-order valence-electron chi connectivity index (χ4n) is 3.62. The van der Waals surface area contributed by atoms with E-state index < -0.39 is 0 Å². The molecular formula is C25H21FN2O2. The fraction of sp³-hybridized carbons (Fsp3) is 0.120. The highest BCUT2D eigenvalue weighted by molar-refractivity contribution is 6.36. The lowest BCUT2D eigenvalue weighted by Crippen LogP contribution is -2.35. The minimum atomic E-state index is -0.327. The monoisotopic (exact) mass is 400 g/mol. The predicted molar refractivity (Wildman–Crippen MR) is 115 cm³/mol. The summed E-state index contributed by atoms with van der Waals surface area (Å²) in [6.07, 6.45) is 0.460. The van der Waals surface area contributed by atoms with Gasteiger partial charge in [0.15, 0.2) is 0 Å². The molecule has 2 amide bonds. The number of amides is 2. The minimum absolute atomic E-state index is 0.228. The molecule has 0 atom stereocenters. The molecule has 4 rings (SSSR count). The lowest BCUT2D eigenvalue weighted by molar-refractivity contribution is -0.136. The number of rotatable bonds is 6. The standard InChI is InChI=1S/C25H21FN2O2/c1-27(21-10-6-3-7-11-21)23-22(19-8-4-2-5-9-19)24(29)28(25(23)30)17-16-18-12-14-20(26)15-13-18/h2-15H,16-17H2,1H3. The van der Waals surface area contributed by atoms with Gasteiger partial charge in [-0.15, -0.1) is 0 Å². The maximum absolute atomic E-state index is 13.3. The van der Waals surface area contributed by atoms with Crippen molar-refractivity contribution in [3.63, 3.8) is 0 Å². The Morgan fingerprint density at radius 2 is 1.40 bits per heavy atom. The van der Waals surface area contributed by atoms with Gasteiger partial charge in [-0.1, -0.05) is 60.7 Å². The Morgan fingerprint density at radius 1 is 0.800 bits per heavy atom. The second-order valence-corrected chi connectivity index (χ2v) is 7.12. The van der Waals surface area contributed by atoms with Crippen molar-refractivity contribution in [3.8, 4) is 0 Å². The molecular weight excluding hydrogens is 379 g/mol. The van der Waals surface area contributed by atoms with Gasteiger partial charge in [0.25, 0.3) is 11.8 Å². The number of hydrogen-bond acceptors (Lipinski definition) is 3. The topological polar surface area (TPSA) is 40.6 Å². The number of anilines is 1. The van der Waals surface area contributed by atoms with Crippen LogP contribution in [-0.2, 0) is 16.0 Å². The second-order valence-electron chi connectivity index (χ2n) is 7.12. The summed E-state index contributed by atoms with van der Waals surface area (Å²) in [5.74, 6) is -0.953. The van der Waals surface area contributed by atoms with Crippen molar-refractivity contribution >= 4 is 23.1 Å². The van der Waals surface area contributed by atoms with Gasteiger partial charge in [-0.25, -0.2) is 4.39 Å². The van der Waals surface area contributed by atoms with E-state index in [1.807, 2.05) is 60.7 Å². The summed E-state index contributed by atoms with van der Waals surface area (Å²) in [6.45, 7) is 0.228. The van der Waals surface area contributed by atoms with Crippen LogP contribution in [0, 0.1) is 5.82 Å². The number of para-hydroxylation sites is 1. The average Bonchev–Trinajstić information content (AvgIpc) is 3.03. The summed E-state index contributed by atoms with van der Waals surface area (Å²) in [5, 5.41) is 0. The van der Waals surface area contributed by atoms with Crippen LogP contribution in [0.15, 0.2) is 90.6 Å². The van der Waals surface area contributed by atoms with Gasteiger partial charge in [0, 0.05) is 19.3 Å². The van der Waals surface area contributed by atoms with Crippen molar-refractivity contribution in [3.05, 3.63) is 108 Å². The summed E-state index contributed by atoms with van der Waals surface area (Å²) in [4.78, 5) is 29.7. The van der Waals surface area contributed by atoms with Gasteiger partial charge in [0.1, 0.15) is 11.5 Å². The lowest BCUT2D eigenvalue weighted by atomic mass is 10.0. The Labute approximate surface area is 174 Å². The third-order valence-corrected chi connectivity index (χ3v) is 5.22. The Balaban J connectivity index is 1.68. The Hall–Kier alpha value is -3.73. The molecule has 0 radical (unpaired) electrons. The molecule has 0 N–H and O–H groups in total. The molecule has 0 saturated heterocycles. The highest BCUT2D eigenvalue weighted by Gasteiger charge is 2.40. The summed E-state index contributed by atoms with van der Waals surface area (Å²) >= 11 is 0. The molecule has 0 fully saturated rings. The van der Waals surface area contributed by atoms with Gasteiger partial charge in [-0.2, -0.15) is 0 Å². The van der Waals surface area contributed by atoms with E-state index in [1.54, 1.807) is 24.1 Å². The maximum atomic E-state index is 13.3. The van der Waals surface area contributed by atoms with Crippen molar-refractivity contribution in [2.45, 2.75) is 6.42 Å². The van der Waals surface area contributed by atoms with Crippen molar-refractivity contribution in [1.29, 1.82) is 0 Å². The van der Waals surface area contributed by atoms with Crippen LogP contribution in [0.2, 0.25) is 0 Å². The van der Waals surface area contributed by atoms with Gasteiger partial charge >= 0.3 is 0 Å². The summed E-state index contributed by atoms with van der Waals surface area (Å²) in [6, 6.07) is 24.8. The van der Waals surface area contributed by atoms with Crippen LogP contribution >= 0.6 is 0 Å². The summed E-state index contributed by atoms with van der Waals surface area (Å²) in [5.41, 5.74) is 3.14. The highest BCUT2D eigenvalue weighted by atomic mass is 19.1. The van der Waals surface area contributed by atoms with E-state index >= 15 is 0 Å². The van der Waals surface area contributed by atoms with E-state index in [9.17, 15) is 14.0 Å². The molecule has 0 spiro atoms. The molecule has 0 unspecified atom stereocenters. The normalized spacial score (nSPS) is 13.9. The zero-order chi connectivity index (χ0) is 21.1. The Bertz CT molecular complexity index is 1090. The van der Waals surface area contributed by atoms with Crippen LogP contribution < -0.4 is 4.90 Å². The second kappa shape index (κ2) is 8.33. The van der Waals surface area contributed by atoms with Gasteiger partial charge < -0.3 is 4.90 Å². The van der Waals surface area contributed by atoms with Crippen LogP contribution in [0.25, 0.3) is 5.57 Å². The highest BCUT2D eigenvalue weighted by Crippen LogP contribution is 2.33. The number of benzene rings is 3. The molecule has 5 heteroatoms. The molecule has 1 aliphatic heterocycles. The first-order valence-electron chi connectivity index (χ1n) is 9.75. The van der Waals surface area contributed by atoms with Gasteiger partial charge in [-0.05, 0) is 41.8 Å². The van der Waals surface area contributed by atoms with Gasteiger partial charge in [-0.3, -0.25) is 14.5 Å². The Morgan fingerprint density at radius 3 is 2.03 bits per heavy atom. The van der Waals surface area contributed by atoms with E-state index in [2.05, 4.69) is 0 Å². The van der Waals surface area contributed by atoms with Gasteiger partial charge in [0.05, 0.1) is 5.57 Å². The van der Waals surface area contributed by atoms with Crippen molar-refractivity contribution in [2.24, 2.45) is 0 Å². The quantitative estimate of drug-likeness (QED) is 0.580. The number of halogens is 1. The number of imide groups is 1. The summed E-state index contributed by atoms with van der Waals surface area (Å²) < 4.78 is 13.2. The van der Waals surface area contributed by atoms with Crippen molar-refractivity contribution in [2.75, 3.05) is 18.5 Å². The zero-order valence-corrected chi connectivity index (χ0v) is 16.6. The first kappa shape index (κ1) is 19.6. The van der Waals surface area contributed by atoms with E-state index in [1.165, 1.54) is 17.0 Å². The van der Waals surface area contributed by atoms with E-state index in [4.69, 9.17) is 0 Å². The number of carbonyl (C=O) groups excluding carboxylic acids is 2. The number of hydrogen-bond donors (Lipinski definition) is 0. The van der Waals surface area contributed by atoms with E-state index in [0.29, 0.717) is 23.3 Å². The minimum Gasteiger partial charge on any atom is -0.339 e. The van der Waals surface area contributed by atoms with Crippen molar-refractivity contribution < 1.29 is 14.0 Å². The average molecular weight is 400 g/mol. The third-order valence-electron chi connectivity index (χ3n) is 5.22. The number of likely N-dealkylation sites (N-methyl/N-ethyl adjacent to an activating group) is 1. The molecule has 150 valence electrons. The van der Waals surface area contributed by atoms with Crippen LogP contribution in [0.1, 0.15) is 11.1 Å². The molecule has 0 aliphatic carbocycles. The van der Waals surface area contributed by atoms with E-state index in [-0.39, 0.29) is 24.2 Å². The van der Waals surface area contributed by atoms with Gasteiger partial charge in [0.2, 0.25) is 0 Å². The molecule has 3 aromatic carbocycles. The number of nitrogens with zero attached hydrogens (tertiary/aromatic N) is 2. The number of carbonyl (C=O) groups is 2. The van der Waals surface area contributed by atoms with Crippen LogP contribution in [0.3, 0.4) is 0 Å².